The first-order valence-corrected chi connectivity index (χ1v) is 11.2. The molecule has 7 nitrogen and oxygen atoms in total. The molecule has 0 radical (unpaired) electrons. The first-order chi connectivity index (χ1) is 14.3. The average molecular weight is 417 g/mol. The Bertz CT molecular complexity index is 831. The molecule has 0 bridgehead atoms. The van der Waals surface area contributed by atoms with Gasteiger partial charge in [0.1, 0.15) is 0 Å². The van der Waals surface area contributed by atoms with E-state index >= 15 is 0 Å². The predicted molar refractivity (Wildman–Crippen MR) is 113 cm³/mol. The molecular formula is C21H28N4O3S. The summed E-state index contributed by atoms with van der Waals surface area (Å²) in [5.41, 5.74) is 1.28. The molecule has 1 unspecified atom stereocenters. The van der Waals surface area contributed by atoms with Crippen molar-refractivity contribution < 1.29 is 14.2 Å². The van der Waals surface area contributed by atoms with Gasteiger partial charge in [0, 0.05) is 62.9 Å². The number of hydrogen-bond acceptors (Lipinski definition) is 8. The number of fused-ring (bicyclic) bond motifs is 1. The lowest BCUT2D eigenvalue weighted by Crippen LogP contribution is -2.47. The molecule has 0 aliphatic carbocycles. The zero-order valence-electron chi connectivity index (χ0n) is 16.9. The Morgan fingerprint density at radius 2 is 1.83 bits per heavy atom. The second-order valence-corrected chi connectivity index (χ2v) is 8.90. The van der Waals surface area contributed by atoms with Gasteiger partial charge in [-0.15, -0.1) is 11.3 Å². The van der Waals surface area contributed by atoms with E-state index in [0.717, 1.165) is 75.7 Å². The van der Waals surface area contributed by atoms with Gasteiger partial charge in [0.05, 0.1) is 13.2 Å². The van der Waals surface area contributed by atoms with E-state index in [0.29, 0.717) is 12.8 Å². The van der Waals surface area contributed by atoms with Gasteiger partial charge in [0.25, 0.3) is 0 Å². The van der Waals surface area contributed by atoms with E-state index in [2.05, 4.69) is 40.0 Å². The van der Waals surface area contributed by atoms with Crippen LogP contribution in [0.5, 0.6) is 11.5 Å². The lowest BCUT2D eigenvalue weighted by atomic mass is 10.1. The summed E-state index contributed by atoms with van der Waals surface area (Å²) in [6.07, 6.45) is 2.05. The van der Waals surface area contributed by atoms with Gasteiger partial charge in [-0.05, 0) is 24.6 Å². The monoisotopic (exact) mass is 416 g/mol. The molecule has 0 spiro atoms. The van der Waals surface area contributed by atoms with Crippen LogP contribution >= 0.6 is 11.3 Å². The van der Waals surface area contributed by atoms with Crippen LogP contribution in [0, 0.1) is 0 Å². The zero-order chi connectivity index (χ0) is 19.6. The predicted octanol–water partition coefficient (Wildman–Crippen LogP) is 2.59. The number of benzene rings is 1. The maximum absolute atomic E-state index is 5.54. The minimum Gasteiger partial charge on any atom is -0.454 e. The molecule has 3 aliphatic heterocycles. The maximum Gasteiger partial charge on any atom is 0.231 e. The van der Waals surface area contributed by atoms with Crippen molar-refractivity contribution >= 4 is 16.5 Å². The highest BCUT2D eigenvalue weighted by Gasteiger charge is 2.25. The highest BCUT2D eigenvalue weighted by Crippen LogP contribution is 2.36. The number of aromatic nitrogens is 1. The number of ether oxygens (including phenoxy) is 3. The van der Waals surface area contributed by atoms with Crippen LogP contribution in [-0.4, -0.2) is 74.1 Å². The summed E-state index contributed by atoms with van der Waals surface area (Å²) in [5.74, 6) is 1.71. The van der Waals surface area contributed by atoms with Crippen molar-refractivity contribution in [1.82, 2.24) is 14.8 Å². The third kappa shape index (κ3) is 4.21. The van der Waals surface area contributed by atoms with Crippen molar-refractivity contribution in [1.29, 1.82) is 0 Å². The van der Waals surface area contributed by atoms with Crippen LogP contribution in [0.2, 0.25) is 0 Å². The molecule has 2 aromatic rings. The minimum atomic E-state index is 0.327. The topological polar surface area (TPSA) is 50.3 Å². The number of hydrogen-bond donors (Lipinski definition) is 0. The number of anilines is 1. The first kappa shape index (κ1) is 19.1. The average Bonchev–Trinajstić information content (AvgIpc) is 3.43. The van der Waals surface area contributed by atoms with E-state index < -0.39 is 0 Å². The molecule has 0 saturated carbocycles. The zero-order valence-corrected chi connectivity index (χ0v) is 17.7. The van der Waals surface area contributed by atoms with E-state index in [1.807, 2.05) is 17.4 Å². The lowest BCUT2D eigenvalue weighted by molar-refractivity contribution is 0.0346. The molecule has 2 fully saturated rings. The molecule has 2 saturated heterocycles. The number of morpholine rings is 1. The van der Waals surface area contributed by atoms with Crippen LogP contribution in [0.1, 0.15) is 23.4 Å². The van der Waals surface area contributed by atoms with E-state index in [9.17, 15) is 0 Å². The summed E-state index contributed by atoms with van der Waals surface area (Å²) in [7, 11) is 0. The molecule has 8 heteroatoms. The van der Waals surface area contributed by atoms with Crippen molar-refractivity contribution in [3.05, 3.63) is 34.8 Å². The third-order valence-corrected chi connectivity index (χ3v) is 7.08. The van der Waals surface area contributed by atoms with Crippen LogP contribution in [0.3, 0.4) is 0 Å². The molecule has 3 aliphatic rings. The second kappa shape index (κ2) is 8.47. The highest BCUT2D eigenvalue weighted by molar-refractivity contribution is 7.15. The molecule has 1 atom stereocenters. The standard InChI is InChI=1S/C21H28N4O3S/c1-16(17-2-3-19-20(12-17)28-15-27-19)24-4-6-25(7-5-24)21-22-13-18(29-21)14-23-8-10-26-11-9-23/h2-3,12-13,16H,4-11,14-15H2,1H3. The fraction of sp³-hybridized carbons (Fsp3) is 0.571. The SMILES string of the molecule is CC(c1ccc2c(c1)OCO2)N1CCN(c2ncc(CN3CCOCC3)s2)CC1. The smallest absolute Gasteiger partial charge is 0.231 e. The van der Waals surface area contributed by atoms with Crippen molar-refractivity contribution in [2.24, 2.45) is 0 Å². The van der Waals surface area contributed by atoms with E-state index in [4.69, 9.17) is 19.2 Å². The van der Waals surface area contributed by atoms with Gasteiger partial charge >= 0.3 is 0 Å². The lowest BCUT2D eigenvalue weighted by Gasteiger charge is -2.38. The summed E-state index contributed by atoms with van der Waals surface area (Å²) in [4.78, 5) is 13.5. The molecule has 5 rings (SSSR count). The van der Waals surface area contributed by atoms with E-state index in [-0.39, 0.29) is 0 Å². The molecule has 156 valence electrons. The van der Waals surface area contributed by atoms with Crippen LogP contribution in [0.4, 0.5) is 5.13 Å². The third-order valence-electron chi connectivity index (χ3n) is 6.04. The van der Waals surface area contributed by atoms with E-state index in [1.54, 1.807) is 0 Å². The van der Waals surface area contributed by atoms with Crippen LogP contribution in [-0.2, 0) is 11.3 Å². The Morgan fingerprint density at radius 1 is 1.03 bits per heavy atom. The Labute approximate surface area is 175 Å². The number of piperazine rings is 1. The maximum atomic E-state index is 5.54. The molecule has 0 N–H and O–H groups in total. The van der Waals surface area contributed by atoms with Gasteiger partial charge in [-0.3, -0.25) is 9.80 Å². The molecule has 1 aromatic heterocycles. The fourth-order valence-electron chi connectivity index (χ4n) is 4.18. The van der Waals surface area contributed by atoms with Gasteiger partial charge in [0.2, 0.25) is 6.79 Å². The first-order valence-electron chi connectivity index (χ1n) is 10.4. The highest BCUT2D eigenvalue weighted by atomic mass is 32.1. The van der Waals surface area contributed by atoms with Crippen molar-refractivity contribution in [2.75, 3.05) is 64.2 Å². The molecule has 0 amide bonds. The van der Waals surface area contributed by atoms with Crippen molar-refractivity contribution in [2.45, 2.75) is 19.5 Å². The molecule has 4 heterocycles. The Balaban J connectivity index is 1.16. The summed E-state index contributed by atoms with van der Waals surface area (Å²) in [5, 5.41) is 1.16. The van der Waals surface area contributed by atoms with Crippen LogP contribution in [0.15, 0.2) is 24.4 Å². The molecule has 1 aromatic carbocycles. The summed E-state index contributed by atoms with van der Waals surface area (Å²) in [6.45, 7) is 11.4. The quantitative estimate of drug-likeness (QED) is 0.743. The van der Waals surface area contributed by atoms with Crippen molar-refractivity contribution in [3.8, 4) is 11.5 Å². The summed E-state index contributed by atoms with van der Waals surface area (Å²) < 4.78 is 16.4. The van der Waals surface area contributed by atoms with Gasteiger partial charge in [-0.25, -0.2) is 4.98 Å². The van der Waals surface area contributed by atoms with Crippen molar-refractivity contribution in [3.63, 3.8) is 0 Å². The van der Waals surface area contributed by atoms with Crippen LogP contribution in [0.25, 0.3) is 0 Å². The summed E-state index contributed by atoms with van der Waals surface area (Å²) in [6, 6.07) is 6.66. The summed E-state index contributed by atoms with van der Waals surface area (Å²) >= 11 is 1.84. The van der Waals surface area contributed by atoms with Gasteiger partial charge < -0.3 is 19.1 Å². The molecular weight excluding hydrogens is 388 g/mol. The fourth-order valence-corrected chi connectivity index (χ4v) is 5.18. The normalized spacial score (nSPS) is 21.5. The number of nitrogens with zero attached hydrogens (tertiary/aromatic N) is 4. The largest absolute Gasteiger partial charge is 0.454 e. The van der Waals surface area contributed by atoms with Gasteiger partial charge in [-0.1, -0.05) is 6.07 Å². The number of rotatable bonds is 5. The van der Waals surface area contributed by atoms with Crippen LogP contribution < -0.4 is 14.4 Å². The minimum absolute atomic E-state index is 0.327. The Hall–Kier alpha value is -1.87. The van der Waals surface area contributed by atoms with Gasteiger partial charge in [0.15, 0.2) is 16.6 Å². The van der Waals surface area contributed by atoms with Gasteiger partial charge in [-0.2, -0.15) is 0 Å². The van der Waals surface area contributed by atoms with E-state index in [1.165, 1.54) is 10.4 Å². The Morgan fingerprint density at radius 3 is 2.66 bits per heavy atom. The second-order valence-electron chi connectivity index (χ2n) is 7.81. The Kier molecular flexibility index (Phi) is 5.59. The number of thiazole rings is 1. The molecule has 29 heavy (non-hydrogen) atoms.